The molecule has 1 aliphatic carbocycles. The topological polar surface area (TPSA) is 42.4 Å². The molecule has 1 heterocycles. The van der Waals surface area contributed by atoms with E-state index in [2.05, 4.69) is 27.8 Å². The third-order valence-electron chi connectivity index (χ3n) is 3.65. The van der Waals surface area contributed by atoms with Crippen molar-refractivity contribution in [2.24, 2.45) is 5.73 Å². The third kappa shape index (κ3) is 3.57. The Hall–Kier alpha value is -0.320. The van der Waals surface area contributed by atoms with E-state index in [4.69, 9.17) is 10.2 Å². The molecular formula is C13H21BrN2O. The van der Waals surface area contributed by atoms with Crippen molar-refractivity contribution in [2.45, 2.75) is 51.2 Å². The lowest BCUT2D eigenvalue weighted by Gasteiger charge is -2.34. The average molecular weight is 301 g/mol. The van der Waals surface area contributed by atoms with Gasteiger partial charge in [-0.3, -0.25) is 4.90 Å². The number of rotatable bonds is 4. The van der Waals surface area contributed by atoms with Crippen molar-refractivity contribution >= 4 is 15.9 Å². The molecule has 0 atom stereocenters. The largest absolute Gasteiger partial charge is 0.453 e. The van der Waals surface area contributed by atoms with Crippen LogP contribution < -0.4 is 5.73 Å². The van der Waals surface area contributed by atoms with Gasteiger partial charge in [-0.05, 0) is 60.3 Å². The maximum Gasteiger partial charge on any atom is 0.169 e. The number of furan rings is 1. The fraction of sp³-hybridized carbons (Fsp3) is 0.692. The van der Waals surface area contributed by atoms with Crippen LogP contribution in [0.15, 0.2) is 21.2 Å². The van der Waals surface area contributed by atoms with Gasteiger partial charge in [0.2, 0.25) is 0 Å². The van der Waals surface area contributed by atoms with E-state index in [1.165, 1.54) is 12.8 Å². The molecule has 1 aliphatic rings. The van der Waals surface area contributed by atoms with Crippen LogP contribution >= 0.6 is 15.9 Å². The van der Waals surface area contributed by atoms with Gasteiger partial charge in [-0.2, -0.15) is 0 Å². The van der Waals surface area contributed by atoms with Crippen LogP contribution in [0.25, 0.3) is 0 Å². The van der Waals surface area contributed by atoms with E-state index >= 15 is 0 Å². The van der Waals surface area contributed by atoms with E-state index < -0.39 is 0 Å². The molecule has 4 heteroatoms. The molecular weight excluding hydrogens is 280 g/mol. The fourth-order valence-electron chi connectivity index (χ4n) is 2.60. The van der Waals surface area contributed by atoms with E-state index in [0.717, 1.165) is 36.4 Å². The summed E-state index contributed by atoms with van der Waals surface area (Å²) in [6.45, 7) is 4.19. The van der Waals surface area contributed by atoms with Crippen LogP contribution in [0.3, 0.4) is 0 Å². The number of nitrogens with zero attached hydrogens (tertiary/aromatic N) is 1. The van der Waals surface area contributed by atoms with Crippen molar-refractivity contribution in [1.82, 2.24) is 4.90 Å². The minimum absolute atomic E-state index is 0.419. The zero-order valence-electron chi connectivity index (χ0n) is 10.4. The van der Waals surface area contributed by atoms with Gasteiger partial charge in [0.1, 0.15) is 5.76 Å². The van der Waals surface area contributed by atoms with Gasteiger partial charge in [-0.25, -0.2) is 0 Å². The molecule has 0 aliphatic heterocycles. The molecule has 1 aromatic heterocycles. The smallest absolute Gasteiger partial charge is 0.169 e. The van der Waals surface area contributed by atoms with Crippen LogP contribution in [-0.2, 0) is 6.54 Å². The summed E-state index contributed by atoms with van der Waals surface area (Å²) in [4.78, 5) is 2.50. The van der Waals surface area contributed by atoms with Gasteiger partial charge in [0.25, 0.3) is 0 Å². The first-order valence-corrected chi connectivity index (χ1v) is 7.22. The van der Waals surface area contributed by atoms with Crippen LogP contribution in [0.5, 0.6) is 0 Å². The Morgan fingerprint density at radius 1 is 1.35 bits per heavy atom. The Kier molecular flexibility index (Phi) is 4.65. The second kappa shape index (κ2) is 6.03. The summed E-state index contributed by atoms with van der Waals surface area (Å²) < 4.78 is 6.39. The molecule has 0 bridgehead atoms. The van der Waals surface area contributed by atoms with Crippen LogP contribution in [-0.4, -0.2) is 23.5 Å². The molecule has 1 aromatic rings. The second-order valence-electron chi connectivity index (χ2n) is 4.84. The molecule has 96 valence electrons. The Morgan fingerprint density at radius 2 is 2.06 bits per heavy atom. The van der Waals surface area contributed by atoms with E-state index in [1.807, 2.05) is 12.1 Å². The summed E-state index contributed by atoms with van der Waals surface area (Å²) >= 11 is 3.35. The maximum atomic E-state index is 5.95. The predicted molar refractivity (Wildman–Crippen MR) is 72.7 cm³/mol. The van der Waals surface area contributed by atoms with Crippen molar-refractivity contribution in [2.75, 3.05) is 6.54 Å². The first kappa shape index (κ1) is 13.1. The normalized spacial score (nSPS) is 25.4. The zero-order chi connectivity index (χ0) is 12.3. The first-order chi connectivity index (χ1) is 8.19. The van der Waals surface area contributed by atoms with E-state index in [0.29, 0.717) is 12.1 Å². The van der Waals surface area contributed by atoms with Crippen LogP contribution in [0, 0.1) is 0 Å². The molecule has 0 radical (unpaired) electrons. The highest BCUT2D eigenvalue weighted by Crippen LogP contribution is 2.24. The summed E-state index contributed by atoms with van der Waals surface area (Å²) in [5.41, 5.74) is 5.95. The summed E-state index contributed by atoms with van der Waals surface area (Å²) in [5.74, 6) is 1.04. The summed E-state index contributed by atoms with van der Waals surface area (Å²) in [7, 11) is 0. The van der Waals surface area contributed by atoms with Crippen molar-refractivity contribution in [3.8, 4) is 0 Å². The van der Waals surface area contributed by atoms with Gasteiger partial charge in [-0.15, -0.1) is 0 Å². The lowest BCUT2D eigenvalue weighted by molar-refractivity contribution is 0.139. The minimum atomic E-state index is 0.419. The monoisotopic (exact) mass is 300 g/mol. The van der Waals surface area contributed by atoms with Gasteiger partial charge < -0.3 is 10.2 Å². The first-order valence-electron chi connectivity index (χ1n) is 6.43. The molecule has 1 fully saturated rings. The molecule has 2 N–H and O–H groups in total. The molecule has 0 unspecified atom stereocenters. The highest BCUT2D eigenvalue weighted by atomic mass is 79.9. The Balaban J connectivity index is 1.92. The van der Waals surface area contributed by atoms with Crippen LogP contribution in [0.1, 0.15) is 38.4 Å². The van der Waals surface area contributed by atoms with Gasteiger partial charge in [0, 0.05) is 12.1 Å². The number of nitrogens with two attached hydrogens (primary N) is 1. The van der Waals surface area contributed by atoms with Crippen molar-refractivity contribution in [1.29, 1.82) is 0 Å². The molecule has 2 rings (SSSR count). The van der Waals surface area contributed by atoms with Crippen molar-refractivity contribution < 1.29 is 4.42 Å². The zero-order valence-corrected chi connectivity index (χ0v) is 11.9. The van der Waals surface area contributed by atoms with Crippen molar-refractivity contribution in [3.05, 3.63) is 22.6 Å². The second-order valence-corrected chi connectivity index (χ2v) is 5.62. The molecule has 3 nitrogen and oxygen atoms in total. The lowest BCUT2D eigenvalue weighted by Crippen LogP contribution is -2.40. The van der Waals surface area contributed by atoms with Crippen LogP contribution in [0.2, 0.25) is 0 Å². The standard InChI is InChI=1S/C13H21BrN2O/c1-2-16(9-12-7-8-13(14)17-12)11-5-3-10(15)4-6-11/h7-8,10-11H,2-6,9,15H2,1H3. The molecule has 0 saturated heterocycles. The predicted octanol–water partition coefficient (Wildman–Crippen LogP) is 3.13. The van der Waals surface area contributed by atoms with E-state index in [1.54, 1.807) is 0 Å². The van der Waals surface area contributed by atoms with E-state index in [9.17, 15) is 0 Å². The maximum absolute atomic E-state index is 5.95. The average Bonchev–Trinajstić information content (AvgIpc) is 2.73. The minimum Gasteiger partial charge on any atom is -0.453 e. The quantitative estimate of drug-likeness (QED) is 0.929. The summed E-state index contributed by atoms with van der Waals surface area (Å²) in [5, 5.41) is 0. The Bertz CT molecular complexity index is 345. The lowest BCUT2D eigenvalue weighted by atomic mass is 9.90. The van der Waals surface area contributed by atoms with Gasteiger partial charge in [0.05, 0.1) is 6.54 Å². The highest BCUT2D eigenvalue weighted by Gasteiger charge is 2.23. The Morgan fingerprint density at radius 3 is 2.59 bits per heavy atom. The van der Waals surface area contributed by atoms with Gasteiger partial charge >= 0.3 is 0 Å². The Labute approximate surface area is 111 Å². The molecule has 0 aromatic carbocycles. The number of halogens is 1. The number of hydrogen-bond acceptors (Lipinski definition) is 3. The summed E-state index contributed by atoms with van der Waals surface area (Å²) in [6, 6.07) is 5.09. The number of hydrogen-bond donors (Lipinski definition) is 1. The van der Waals surface area contributed by atoms with Crippen molar-refractivity contribution in [3.63, 3.8) is 0 Å². The van der Waals surface area contributed by atoms with Gasteiger partial charge in [0.15, 0.2) is 4.67 Å². The highest BCUT2D eigenvalue weighted by molar-refractivity contribution is 9.10. The molecule has 0 amide bonds. The SMILES string of the molecule is CCN(Cc1ccc(Br)o1)C1CCC(N)CC1. The van der Waals surface area contributed by atoms with E-state index in [-0.39, 0.29) is 0 Å². The molecule has 1 saturated carbocycles. The van der Waals surface area contributed by atoms with Crippen LogP contribution in [0.4, 0.5) is 0 Å². The third-order valence-corrected chi connectivity index (χ3v) is 4.08. The fourth-order valence-corrected chi connectivity index (χ4v) is 2.94. The summed E-state index contributed by atoms with van der Waals surface area (Å²) in [6.07, 6.45) is 4.75. The van der Waals surface area contributed by atoms with Gasteiger partial charge in [-0.1, -0.05) is 6.92 Å². The molecule has 0 spiro atoms. The molecule has 17 heavy (non-hydrogen) atoms.